The maximum absolute atomic E-state index is 11.1. The second-order valence-electron chi connectivity index (χ2n) is 2.71. The number of rotatable bonds is 6. The van der Waals surface area contributed by atoms with Crippen LogP contribution in [0.3, 0.4) is 0 Å². The molecule has 0 aromatic carbocycles. The van der Waals surface area contributed by atoms with Gasteiger partial charge in [0.1, 0.15) is 5.25 Å². The van der Waals surface area contributed by atoms with Crippen molar-refractivity contribution in [1.29, 1.82) is 0 Å². The van der Waals surface area contributed by atoms with Crippen LogP contribution in [0.5, 0.6) is 0 Å². The minimum absolute atomic E-state index is 0.288. The van der Waals surface area contributed by atoms with Crippen LogP contribution in [-0.4, -0.2) is 26.6 Å². The maximum atomic E-state index is 11.1. The summed E-state index contributed by atoms with van der Waals surface area (Å²) in [6, 6.07) is 0. The summed E-state index contributed by atoms with van der Waals surface area (Å²) in [7, 11) is 0. The lowest BCUT2D eigenvalue weighted by molar-refractivity contribution is -0.143. The van der Waals surface area contributed by atoms with Gasteiger partial charge in [-0.2, -0.15) is 0 Å². The van der Waals surface area contributed by atoms with Crippen molar-refractivity contribution in [3.8, 4) is 0 Å². The van der Waals surface area contributed by atoms with Crippen molar-refractivity contribution in [2.75, 3.05) is 6.61 Å². The highest BCUT2D eigenvalue weighted by atomic mass is 32.2. The quantitative estimate of drug-likeness (QED) is 0.481. The monoisotopic (exact) mass is 207 g/mol. The average molecular weight is 207 g/mol. The van der Waals surface area contributed by atoms with Gasteiger partial charge in [0, 0.05) is 0 Å². The Morgan fingerprint density at radius 3 is 2.46 bits per heavy atom. The van der Waals surface area contributed by atoms with Crippen LogP contribution in [0.4, 0.5) is 0 Å². The number of carbonyl (C=O) groups is 1. The number of carbonyl (C=O) groups excluding carboxylic acids is 1. The summed E-state index contributed by atoms with van der Waals surface area (Å²) in [4.78, 5) is 11.1. The predicted molar refractivity (Wildman–Crippen MR) is 48.9 cm³/mol. The summed E-state index contributed by atoms with van der Waals surface area (Å²) in [5.41, 5.74) is 0. The van der Waals surface area contributed by atoms with Crippen molar-refractivity contribution >= 4 is 17.0 Å². The summed E-state index contributed by atoms with van der Waals surface area (Å²) in [6.07, 6.45) is 1.69. The van der Waals surface area contributed by atoms with E-state index in [9.17, 15) is 13.6 Å². The molecule has 0 fully saturated rings. The molecule has 2 atom stereocenters. The second-order valence-corrected chi connectivity index (χ2v) is 3.80. The third-order valence-electron chi connectivity index (χ3n) is 1.49. The van der Waals surface area contributed by atoms with E-state index in [1.165, 1.54) is 0 Å². The topological polar surface area (TPSA) is 66.4 Å². The highest BCUT2D eigenvalue weighted by Crippen LogP contribution is 2.06. The van der Waals surface area contributed by atoms with Crippen LogP contribution < -0.4 is 0 Å². The van der Waals surface area contributed by atoms with E-state index >= 15 is 0 Å². The third kappa shape index (κ3) is 5.00. The molecule has 78 valence electrons. The van der Waals surface area contributed by atoms with Crippen molar-refractivity contribution in [3.05, 3.63) is 0 Å². The Morgan fingerprint density at radius 1 is 1.46 bits per heavy atom. The molecular formula is C8H15O4S-. The van der Waals surface area contributed by atoms with Crippen molar-refractivity contribution < 1.29 is 18.3 Å². The molecule has 0 aliphatic rings. The molecule has 5 heteroatoms. The normalized spacial score (nSPS) is 15.0. The molecule has 0 saturated heterocycles. The Labute approximate surface area is 80.9 Å². The zero-order valence-corrected chi connectivity index (χ0v) is 8.76. The molecule has 0 aromatic heterocycles. The van der Waals surface area contributed by atoms with Crippen molar-refractivity contribution in [2.24, 2.45) is 0 Å². The molecule has 0 aliphatic heterocycles. The first-order valence-corrected chi connectivity index (χ1v) is 5.52. The van der Waals surface area contributed by atoms with Crippen molar-refractivity contribution in [1.82, 2.24) is 0 Å². The zero-order valence-electron chi connectivity index (χ0n) is 7.95. The van der Waals surface area contributed by atoms with Gasteiger partial charge in [-0.25, -0.2) is 0 Å². The van der Waals surface area contributed by atoms with E-state index in [1.54, 1.807) is 0 Å². The van der Waals surface area contributed by atoms with Gasteiger partial charge in [0.25, 0.3) is 0 Å². The van der Waals surface area contributed by atoms with E-state index in [0.29, 0.717) is 19.3 Å². The molecule has 0 spiro atoms. The van der Waals surface area contributed by atoms with Gasteiger partial charge in [-0.3, -0.25) is 9.00 Å². The summed E-state index contributed by atoms with van der Waals surface area (Å²) in [5.74, 6) is -0.628. The molecule has 4 nitrogen and oxygen atoms in total. The Balaban J connectivity index is 4.03. The Bertz CT molecular complexity index is 181. The van der Waals surface area contributed by atoms with Crippen molar-refractivity contribution in [3.63, 3.8) is 0 Å². The van der Waals surface area contributed by atoms with E-state index in [-0.39, 0.29) is 6.61 Å². The fraction of sp³-hybridized carbons (Fsp3) is 0.875. The van der Waals surface area contributed by atoms with E-state index < -0.39 is 22.3 Å². The van der Waals surface area contributed by atoms with Crippen LogP contribution in [0.15, 0.2) is 0 Å². The summed E-state index contributed by atoms with van der Waals surface area (Å²) in [6.45, 7) is 3.97. The molecule has 0 radical (unpaired) electrons. The molecule has 0 rings (SSSR count). The lowest BCUT2D eigenvalue weighted by atomic mass is 10.2. The van der Waals surface area contributed by atoms with Gasteiger partial charge in [0.05, 0.1) is 6.61 Å². The SMILES string of the molecule is CCCOC(=O)C(CCC)S(=O)[O-]. The first-order chi connectivity index (χ1) is 6.13. The van der Waals surface area contributed by atoms with Gasteiger partial charge in [-0.15, -0.1) is 0 Å². The van der Waals surface area contributed by atoms with Crippen LogP contribution in [0.25, 0.3) is 0 Å². The maximum Gasteiger partial charge on any atom is 0.320 e. The molecule has 0 amide bonds. The van der Waals surface area contributed by atoms with E-state index in [0.717, 1.165) is 0 Å². The Kier molecular flexibility index (Phi) is 6.80. The summed E-state index contributed by atoms with van der Waals surface area (Å²) in [5, 5.41) is -0.989. The lowest BCUT2D eigenvalue weighted by Gasteiger charge is -2.17. The van der Waals surface area contributed by atoms with Crippen LogP contribution in [0.2, 0.25) is 0 Å². The average Bonchev–Trinajstić information content (AvgIpc) is 2.09. The molecule has 2 unspecified atom stereocenters. The van der Waals surface area contributed by atoms with Gasteiger partial charge < -0.3 is 9.29 Å². The third-order valence-corrected chi connectivity index (χ3v) is 2.39. The van der Waals surface area contributed by atoms with Gasteiger partial charge in [-0.1, -0.05) is 20.3 Å². The van der Waals surface area contributed by atoms with Gasteiger partial charge >= 0.3 is 5.97 Å². The van der Waals surface area contributed by atoms with Crippen LogP contribution in [-0.2, 0) is 20.6 Å². The zero-order chi connectivity index (χ0) is 10.3. The number of hydrogen-bond acceptors (Lipinski definition) is 4. The van der Waals surface area contributed by atoms with Crippen LogP contribution >= 0.6 is 0 Å². The van der Waals surface area contributed by atoms with Crippen molar-refractivity contribution in [2.45, 2.75) is 38.4 Å². The standard InChI is InChI=1S/C8H16O4S/c1-3-5-7(13(10)11)8(9)12-6-4-2/h7H,3-6H2,1-2H3,(H,10,11)/p-1. The van der Waals surface area contributed by atoms with E-state index in [4.69, 9.17) is 4.74 Å². The highest BCUT2D eigenvalue weighted by Gasteiger charge is 2.19. The number of ether oxygens (including phenoxy) is 1. The molecule has 0 aromatic rings. The Morgan fingerprint density at radius 2 is 2.08 bits per heavy atom. The van der Waals surface area contributed by atoms with Crippen LogP contribution in [0.1, 0.15) is 33.1 Å². The number of hydrogen-bond donors (Lipinski definition) is 0. The molecule has 13 heavy (non-hydrogen) atoms. The smallest absolute Gasteiger partial charge is 0.320 e. The largest absolute Gasteiger partial charge is 0.772 e. The predicted octanol–water partition coefficient (Wildman–Crippen LogP) is 0.987. The first-order valence-electron chi connectivity index (χ1n) is 4.38. The summed E-state index contributed by atoms with van der Waals surface area (Å²) < 4.78 is 25.9. The highest BCUT2D eigenvalue weighted by molar-refractivity contribution is 7.80. The van der Waals surface area contributed by atoms with E-state index in [2.05, 4.69) is 0 Å². The fourth-order valence-corrected chi connectivity index (χ4v) is 1.50. The minimum Gasteiger partial charge on any atom is -0.772 e. The first kappa shape index (κ1) is 12.6. The number of esters is 1. The van der Waals surface area contributed by atoms with Crippen LogP contribution in [0, 0.1) is 0 Å². The summed E-state index contributed by atoms with van der Waals surface area (Å²) >= 11 is -2.36. The molecule has 0 aliphatic carbocycles. The molecule has 0 bridgehead atoms. The molecule has 0 heterocycles. The lowest BCUT2D eigenvalue weighted by Crippen LogP contribution is -2.28. The fourth-order valence-electron chi connectivity index (χ4n) is 0.850. The van der Waals surface area contributed by atoms with Gasteiger partial charge in [0.15, 0.2) is 0 Å². The second kappa shape index (κ2) is 7.03. The molecule has 0 N–H and O–H groups in total. The molecule has 0 saturated carbocycles. The van der Waals surface area contributed by atoms with E-state index in [1.807, 2.05) is 13.8 Å². The van der Waals surface area contributed by atoms with Gasteiger partial charge in [-0.05, 0) is 23.9 Å². The Hall–Kier alpha value is -0.420. The van der Waals surface area contributed by atoms with Gasteiger partial charge in [0.2, 0.25) is 0 Å². The minimum atomic E-state index is -2.36. The molecular weight excluding hydrogens is 192 g/mol.